The predicted molar refractivity (Wildman–Crippen MR) is 111 cm³/mol. The molecular formula is C20H24N8O2. The van der Waals surface area contributed by atoms with Crippen molar-refractivity contribution in [2.75, 3.05) is 31.1 Å². The summed E-state index contributed by atoms with van der Waals surface area (Å²) in [6.07, 6.45) is 3.28. The van der Waals surface area contributed by atoms with E-state index in [9.17, 15) is 9.59 Å². The summed E-state index contributed by atoms with van der Waals surface area (Å²) in [5.74, 6) is 2.18. The van der Waals surface area contributed by atoms with Crippen LogP contribution in [0.2, 0.25) is 0 Å². The molecule has 1 aliphatic rings. The SMILES string of the molecule is Cc1nc(N2CCN(C(=O)Cn3ncccc3=O)CC2)cc(-n2cnc(C)c2C)n1. The van der Waals surface area contributed by atoms with Gasteiger partial charge in [0.15, 0.2) is 0 Å². The molecule has 0 aromatic carbocycles. The highest BCUT2D eigenvalue weighted by molar-refractivity contribution is 5.76. The van der Waals surface area contributed by atoms with Gasteiger partial charge in [0.1, 0.15) is 30.3 Å². The zero-order valence-electron chi connectivity index (χ0n) is 17.3. The molecule has 4 rings (SSSR count). The number of aryl methyl sites for hydroxylation is 2. The second-order valence-electron chi connectivity index (χ2n) is 7.30. The lowest BCUT2D eigenvalue weighted by atomic mass is 10.3. The van der Waals surface area contributed by atoms with Gasteiger partial charge in [-0.2, -0.15) is 5.10 Å². The third-order valence-electron chi connectivity index (χ3n) is 5.34. The standard InChI is InChI=1S/C20H24N8O2/c1-14-15(2)27(13-21-14)18-11-17(23-16(3)24-18)25-7-9-26(10-8-25)20(30)12-28-19(29)5-4-6-22-28/h4-6,11,13H,7-10,12H2,1-3H3. The zero-order chi connectivity index (χ0) is 21.3. The minimum Gasteiger partial charge on any atom is -0.353 e. The van der Waals surface area contributed by atoms with E-state index < -0.39 is 0 Å². The Morgan fingerprint density at radius 2 is 1.80 bits per heavy atom. The summed E-state index contributed by atoms with van der Waals surface area (Å²) in [7, 11) is 0. The number of hydrogen-bond donors (Lipinski definition) is 0. The van der Waals surface area contributed by atoms with E-state index in [2.05, 4.69) is 25.0 Å². The average Bonchev–Trinajstić information content (AvgIpc) is 3.08. The lowest BCUT2D eigenvalue weighted by Gasteiger charge is -2.35. The van der Waals surface area contributed by atoms with Gasteiger partial charge in [-0.1, -0.05) is 0 Å². The van der Waals surface area contributed by atoms with Crippen molar-refractivity contribution < 1.29 is 4.79 Å². The Morgan fingerprint density at radius 3 is 2.47 bits per heavy atom. The number of aromatic nitrogens is 6. The quantitative estimate of drug-likeness (QED) is 0.619. The molecule has 3 aromatic heterocycles. The van der Waals surface area contributed by atoms with Gasteiger partial charge in [-0.3, -0.25) is 14.2 Å². The Bertz CT molecular complexity index is 1130. The van der Waals surface area contributed by atoms with E-state index >= 15 is 0 Å². The van der Waals surface area contributed by atoms with E-state index in [-0.39, 0.29) is 18.0 Å². The molecule has 3 aromatic rings. The van der Waals surface area contributed by atoms with Crippen LogP contribution in [0, 0.1) is 20.8 Å². The maximum atomic E-state index is 12.6. The number of anilines is 1. The summed E-state index contributed by atoms with van der Waals surface area (Å²) >= 11 is 0. The van der Waals surface area contributed by atoms with Crippen LogP contribution in [0.5, 0.6) is 0 Å². The third-order valence-corrected chi connectivity index (χ3v) is 5.34. The number of piperazine rings is 1. The number of hydrogen-bond acceptors (Lipinski definition) is 7. The maximum Gasteiger partial charge on any atom is 0.267 e. The number of rotatable bonds is 4. The number of carbonyl (C=O) groups excluding carboxylic acids is 1. The van der Waals surface area contributed by atoms with Gasteiger partial charge in [0.25, 0.3) is 5.56 Å². The number of nitrogens with zero attached hydrogens (tertiary/aromatic N) is 8. The molecule has 0 unspecified atom stereocenters. The van der Waals surface area contributed by atoms with Crippen LogP contribution in [0.3, 0.4) is 0 Å². The van der Waals surface area contributed by atoms with Gasteiger partial charge in [0, 0.05) is 50.2 Å². The summed E-state index contributed by atoms with van der Waals surface area (Å²) in [4.78, 5) is 41.7. The number of amides is 1. The van der Waals surface area contributed by atoms with Gasteiger partial charge >= 0.3 is 0 Å². The summed E-state index contributed by atoms with van der Waals surface area (Å²) in [6, 6.07) is 4.91. The van der Waals surface area contributed by atoms with Crippen molar-refractivity contribution in [2.24, 2.45) is 0 Å². The monoisotopic (exact) mass is 408 g/mol. The fourth-order valence-corrected chi connectivity index (χ4v) is 3.47. The molecular weight excluding hydrogens is 384 g/mol. The molecule has 10 nitrogen and oxygen atoms in total. The smallest absolute Gasteiger partial charge is 0.267 e. The van der Waals surface area contributed by atoms with Crippen LogP contribution in [0.25, 0.3) is 5.82 Å². The second-order valence-corrected chi connectivity index (χ2v) is 7.30. The molecule has 0 radical (unpaired) electrons. The van der Waals surface area contributed by atoms with Gasteiger partial charge in [-0.25, -0.2) is 19.6 Å². The lowest BCUT2D eigenvalue weighted by Crippen LogP contribution is -2.50. The van der Waals surface area contributed by atoms with Crippen LogP contribution in [-0.4, -0.2) is 66.3 Å². The number of carbonyl (C=O) groups is 1. The van der Waals surface area contributed by atoms with E-state index in [0.29, 0.717) is 32.0 Å². The van der Waals surface area contributed by atoms with Gasteiger partial charge in [-0.05, 0) is 26.8 Å². The second kappa shape index (κ2) is 8.05. The Hall–Kier alpha value is -3.56. The minimum atomic E-state index is -0.279. The van der Waals surface area contributed by atoms with Crippen molar-refractivity contribution in [2.45, 2.75) is 27.3 Å². The first-order chi connectivity index (χ1) is 14.4. The molecule has 0 aliphatic carbocycles. The van der Waals surface area contributed by atoms with Crippen molar-refractivity contribution in [3.63, 3.8) is 0 Å². The predicted octanol–water partition coefficient (Wildman–Crippen LogP) is 0.493. The van der Waals surface area contributed by atoms with Crippen LogP contribution in [0.15, 0.2) is 35.5 Å². The van der Waals surface area contributed by atoms with E-state index in [0.717, 1.165) is 23.0 Å². The fourth-order valence-electron chi connectivity index (χ4n) is 3.47. The molecule has 0 saturated carbocycles. The first-order valence-corrected chi connectivity index (χ1v) is 9.84. The summed E-state index contributed by atoms with van der Waals surface area (Å²) < 4.78 is 3.14. The topological polar surface area (TPSA) is 102 Å². The van der Waals surface area contributed by atoms with E-state index in [1.54, 1.807) is 17.3 Å². The molecule has 156 valence electrons. The lowest BCUT2D eigenvalue weighted by molar-refractivity contribution is -0.132. The molecule has 1 amide bonds. The molecule has 1 saturated heterocycles. The third kappa shape index (κ3) is 3.93. The number of imidazole rings is 1. The van der Waals surface area contributed by atoms with Crippen LogP contribution in [-0.2, 0) is 11.3 Å². The van der Waals surface area contributed by atoms with Crippen molar-refractivity contribution in [1.82, 2.24) is 34.2 Å². The molecule has 4 heterocycles. The Morgan fingerprint density at radius 1 is 1.07 bits per heavy atom. The van der Waals surface area contributed by atoms with Crippen LogP contribution >= 0.6 is 0 Å². The maximum absolute atomic E-state index is 12.6. The van der Waals surface area contributed by atoms with Crippen molar-refractivity contribution in [1.29, 1.82) is 0 Å². The summed E-state index contributed by atoms with van der Waals surface area (Å²) in [5.41, 5.74) is 1.73. The van der Waals surface area contributed by atoms with Crippen LogP contribution in [0.1, 0.15) is 17.2 Å². The largest absolute Gasteiger partial charge is 0.353 e. The van der Waals surface area contributed by atoms with Crippen molar-refractivity contribution in [3.05, 3.63) is 58.3 Å². The molecule has 1 fully saturated rings. The highest BCUT2D eigenvalue weighted by Crippen LogP contribution is 2.19. The fraction of sp³-hybridized carbons (Fsp3) is 0.400. The molecule has 0 spiro atoms. The van der Waals surface area contributed by atoms with Crippen LogP contribution < -0.4 is 10.5 Å². The normalized spacial score (nSPS) is 14.2. The molecule has 0 atom stereocenters. The van der Waals surface area contributed by atoms with E-state index in [1.165, 1.54) is 16.9 Å². The Kier molecular flexibility index (Phi) is 5.30. The van der Waals surface area contributed by atoms with Gasteiger partial charge in [-0.15, -0.1) is 0 Å². The Labute approximate surface area is 173 Å². The first-order valence-electron chi connectivity index (χ1n) is 9.84. The highest BCUT2D eigenvalue weighted by Gasteiger charge is 2.23. The van der Waals surface area contributed by atoms with Crippen LogP contribution in [0.4, 0.5) is 5.82 Å². The molecule has 10 heteroatoms. The molecule has 1 aliphatic heterocycles. The van der Waals surface area contributed by atoms with Gasteiger partial charge in [0.2, 0.25) is 5.91 Å². The zero-order valence-corrected chi connectivity index (χ0v) is 17.3. The summed E-state index contributed by atoms with van der Waals surface area (Å²) in [6.45, 7) is 8.23. The Balaban J connectivity index is 1.45. The average molecular weight is 408 g/mol. The molecule has 0 bridgehead atoms. The minimum absolute atomic E-state index is 0.0459. The van der Waals surface area contributed by atoms with E-state index in [1.807, 2.05) is 31.4 Å². The van der Waals surface area contributed by atoms with Crippen molar-refractivity contribution in [3.8, 4) is 5.82 Å². The van der Waals surface area contributed by atoms with Crippen molar-refractivity contribution >= 4 is 11.7 Å². The molecule has 30 heavy (non-hydrogen) atoms. The van der Waals surface area contributed by atoms with Gasteiger partial charge < -0.3 is 9.80 Å². The molecule has 0 N–H and O–H groups in total. The van der Waals surface area contributed by atoms with E-state index in [4.69, 9.17) is 0 Å². The first kappa shape index (κ1) is 19.7. The van der Waals surface area contributed by atoms with Gasteiger partial charge in [0.05, 0.1) is 5.69 Å². The highest BCUT2D eigenvalue weighted by atomic mass is 16.2. The summed E-state index contributed by atoms with van der Waals surface area (Å²) in [5, 5.41) is 3.95.